The Bertz CT molecular complexity index is 614. The van der Waals surface area contributed by atoms with Gasteiger partial charge >= 0.3 is 0 Å². The minimum atomic E-state index is 1.03. The first-order chi connectivity index (χ1) is 9.85. The molecule has 2 aromatic rings. The lowest BCUT2D eigenvalue weighted by atomic mass is 9.94. The van der Waals surface area contributed by atoms with Crippen molar-refractivity contribution in [1.82, 2.24) is 0 Å². The summed E-state index contributed by atoms with van der Waals surface area (Å²) in [6.45, 7) is 0. The van der Waals surface area contributed by atoms with Crippen molar-refractivity contribution in [3.63, 3.8) is 0 Å². The Hall–Kier alpha value is -2.09. The van der Waals surface area contributed by atoms with Crippen LogP contribution in [-0.4, -0.2) is 13.3 Å². The average Bonchev–Trinajstić information content (AvgIpc) is 2.48. The maximum atomic E-state index is 4.82. The number of aryl methyl sites for hydroxylation is 4. The molecule has 0 heterocycles. The van der Waals surface area contributed by atoms with Gasteiger partial charge in [-0.15, -0.1) is 0 Å². The van der Waals surface area contributed by atoms with E-state index in [1.807, 2.05) is 6.21 Å². The SMILES string of the molecule is CO/N=C/c1cc2ccc1CCc1ccc(cc1)CC2. The Balaban J connectivity index is 1.97. The summed E-state index contributed by atoms with van der Waals surface area (Å²) in [7, 11) is 1.58. The second-order valence-electron chi connectivity index (χ2n) is 5.27. The Morgan fingerprint density at radius 3 is 2.15 bits per heavy atom. The molecule has 0 unspecified atom stereocenters. The van der Waals surface area contributed by atoms with Gasteiger partial charge in [-0.05, 0) is 59.6 Å². The van der Waals surface area contributed by atoms with Gasteiger partial charge in [-0.2, -0.15) is 0 Å². The third-order valence-corrected chi connectivity index (χ3v) is 3.92. The van der Waals surface area contributed by atoms with Crippen LogP contribution in [0.4, 0.5) is 0 Å². The summed E-state index contributed by atoms with van der Waals surface area (Å²) in [4.78, 5) is 4.82. The summed E-state index contributed by atoms with van der Waals surface area (Å²) < 4.78 is 0. The minimum Gasteiger partial charge on any atom is -0.399 e. The van der Waals surface area contributed by atoms with Crippen molar-refractivity contribution in [2.24, 2.45) is 5.16 Å². The number of rotatable bonds is 2. The van der Waals surface area contributed by atoms with Crippen LogP contribution in [0.25, 0.3) is 0 Å². The van der Waals surface area contributed by atoms with Crippen molar-refractivity contribution in [1.29, 1.82) is 0 Å². The fourth-order valence-electron chi connectivity index (χ4n) is 2.70. The molecule has 0 atom stereocenters. The van der Waals surface area contributed by atoms with E-state index in [-0.39, 0.29) is 0 Å². The summed E-state index contributed by atoms with van der Waals surface area (Å²) in [5, 5.41) is 3.93. The normalized spacial score (nSPS) is 14.2. The van der Waals surface area contributed by atoms with E-state index in [9.17, 15) is 0 Å². The molecule has 0 amide bonds. The predicted octanol–water partition coefficient (Wildman–Crippen LogP) is 3.55. The third kappa shape index (κ3) is 2.90. The van der Waals surface area contributed by atoms with E-state index in [1.54, 1.807) is 7.11 Å². The first kappa shape index (κ1) is 12.9. The fraction of sp³-hybridized carbons (Fsp3) is 0.278. The van der Waals surface area contributed by atoms with Gasteiger partial charge in [0.1, 0.15) is 7.11 Å². The summed E-state index contributed by atoms with van der Waals surface area (Å²) in [6.07, 6.45) is 6.07. The monoisotopic (exact) mass is 265 g/mol. The van der Waals surface area contributed by atoms with Crippen LogP contribution in [-0.2, 0) is 30.5 Å². The molecule has 2 nitrogen and oxygen atoms in total. The van der Waals surface area contributed by atoms with Crippen molar-refractivity contribution < 1.29 is 4.84 Å². The molecule has 4 bridgehead atoms. The molecule has 4 aliphatic rings. The van der Waals surface area contributed by atoms with Gasteiger partial charge in [0.2, 0.25) is 0 Å². The zero-order valence-electron chi connectivity index (χ0n) is 11.8. The van der Waals surface area contributed by atoms with Gasteiger partial charge in [0.05, 0.1) is 6.21 Å². The summed E-state index contributed by atoms with van der Waals surface area (Å²) in [6, 6.07) is 15.8. The highest BCUT2D eigenvalue weighted by molar-refractivity contribution is 5.81. The molecule has 0 aromatic heterocycles. The van der Waals surface area contributed by atoms with E-state index in [0.29, 0.717) is 0 Å². The highest BCUT2D eigenvalue weighted by Gasteiger charge is 2.06. The molecule has 2 aromatic carbocycles. The largest absolute Gasteiger partial charge is 0.399 e. The molecule has 0 aliphatic heterocycles. The molecule has 2 heteroatoms. The van der Waals surface area contributed by atoms with Gasteiger partial charge in [0.25, 0.3) is 0 Å². The average molecular weight is 265 g/mol. The summed E-state index contributed by atoms with van der Waals surface area (Å²) in [5.74, 6) is 0. The van der Waals surface area contributed by atoms with E-state index in [2.05, 4.69) is 47.6 Å². The van der Waals surface area contributed by atoms with Crippen LogP contribution >= 0.6 is 0 Å². The van der Waals surface area contributed by atoms with Gasteiger partial charge in [-0.25, -0.2) is 0 Å². The van der Waals surface area contributed by atoms with E-state index in [0.717, 1.165) is 25.7 Å². The van der Waals surface area contributed by atoms with Gasteiger partial charge < -0.3 is 4.84 Å². The molecule has 6 rings (SSSR count). The maximum absolute atomic E-state index is 4.82. The molecule has 0 fully saturated rings. The topological polar surface area (TPSA) is 21.6 Å². The van der Waals surface area contributed by atoms with Crippen LogP contribution < -0.4 is 0 Å². The number of oxime groups is 1. The zero-order chi connectivity index (χ0) is 13.8. The molecule has 0 radical (unpaired) electrons. The second kappa shape index (κ2) is 5.91. The van der Waals surface area contributed by atoms with Gasteiger partial charge in [-0.3, -0.25) is 0 Å². The maximum Gasteiger partial charge on any atom is 0.106 e. The smallest absolute Gasteiger partial charge is 0.106 e. The second-order valence-corrected chi connectivity index (χ2v) is 5.27. The Kier molecular flexibility index (Phi) is 3.82. The lowest BCUT2D eigenvalue weighted by Gasteiger charge is -2.12. The van der Waals surface area contributed by atoms with Crippen LogP contribution in [0.15, 0.2) is 47.6 Å². The molecule has 0 saturated heterocycles. The number of benzene rings is 2. The van der Waals surface area contributed by atoms with Crippen LogP contribution in [0.1, 0.15) is 27.8 Å². The third-order valence-electron chi connectivity index (χ3n) is 3.92. The van der Waals surface area contributed by atoms with Crippen LogP contribution in [0.3, 0.4) is 0 Å². The van der Waals surface area contributed by atoms with Crippen molar-refractivity contribution >= 4 is 6.21 Å². The van der Waals surface area contributed by atoms with Crippen molar-refractivity contribution in [3.05, 3.63) is 70.3 Å². The zero-order valence-corrected chi connectivity index (χ0v) is 11.8. The predicted molar refractivity (Wildman–Crippen MR) is 82.3 cm³/mol. The van der Waals surface area contributed by atoms with E-state index < -0.39 is 0 Å². The van der Waals surface area contributed by atoms with Gasteiger partial charge in [-0.1, -0.05) is 41.6 Å². The number of nitrogens with zero attached hydrogens (tertiary/aromatic N) is 1. The van der Waals surface area contributed by atoms with Crippen molar-refractivity contribution in [2.45, 2.75) is 25.7 Å². The van der Waals surface area contributed by atoms with Gasteiger partial charge in [0.15, 0.2) is 0 Å². The molecule has 20 heavy (non-hydrogen) atoms. The van der Waals surface area contributed by atoms with E-state index >= 15 is 0 Å². The highest BCUT2D eigenvalue weighted by atomic mass is 16.6. The fourth-order valence-corrected chi connectivity index (χ4v) is 2.70. The van der Waals surface area contributed by atoms with Crippen LogP contribution in [0.5, 0.6) is 0 Å². The molecular weight excluding hydrogens is 246 g/mol. The quantitative estimate of drug-likeness (QED) is 0.601. The van der Waals surface area contributed by atoms with Crippen molar-refractivity contribution in [2.75, 3.05) is 7.11 Å². The Labute approximate surface area is 120 Å². The standard InChI is InChI=1S/C18H19NO/c1-20-19-13-18-12-16-7-6-14-2-4-15(5-3-14)8-10-17(18)11-9-16/h2-5,9,11-13H,6-8,10H2,1H3/b19-13+. The van der Waals surface area contributed by atoms with Crippen LogP contribution in [0.2, 0.25) is 0 Å². The first-order valence-electron chi connectivity index (χ1n) is 7.11. The molecule has 0 N–H and O–H groups in total. The van der Waals surface area contributed by atoms with Crippen molar-refractivity contribution in [3.8, 4) is 0 Å². The molecule has 0 spiro atoms. The summed E-state index contributed by atoms with van der Waals surface area (Å²) in [5.41, 5.74) is 6.67. The van der Waals surface area contributed by atoms with E-state index in [1.165, 1.54) is 27.8 Å². The molecule has 102 valence electrons. The Morgan fingerprint density at radius 1 is 0.850 bits per heavy atom. The lowest BCUT2D eigenvalue weighted by Crippen LogP contribution is -2.02. The molecular formula is C18H19NO. The van der Waals surface area contributed by atoms with E-state index in [4.69, 9.17) is 4.84 Å². The van der Waals surface area contributed by atoms with Crippen LogP contribution in [0, 0.1) is 0 Å². The number of hydrogen-bond donors (Lipinski definition) is 0. The highest BCUT2D eigenvalue weighted by Crippen LogP contribution is 2.18. The first-order valence-corrected chi connectivity index (χ1v) is 7.11. The summed E-state index contributed by atoms with van der Waals surface area (Å²) >= 11 is 0. The van der Waals surface area contributed by atoms with Gasteiger partial charge in [0, 0.05) is 0 Å². The minimum absolute atomic E-state index is 1.03. The molecule has 0 saturated carbocycles. The number of hydrogen-bond acceptors (Lipinski definition) is 2. The lowest BCUT2D eigenvalue weighted by molar-refractivity contribution is 0.215. The molecule has 4 aliphatic carbocycles. The Morgan fingerprint density at radius 2 is 1.45 bits per heavy atom.